The van der Waals surface area contributed by atoms with Gasteiger partial charge in [0.05, 0.1) is 5.69 Å². The van der Waals surface area contributed by atoms with Crippen molar-refractivity contribution in [2.75, 3.05) is 0 Å². The lowest BCUT2D eigenvalue weighted by molar-refractivity contribution is 0.101. The molecule has 0 radical (unpaired) electrons. The van der Waals surface area contributed by atoms with Crippen LogP contribution in [0.2, 0.25) is 0 Å². The number of nitrogens with one attached hydrogen (secondary N) is 1. The summed E-state index contributed by atoms with van der Waals surface area (Å²) in [6, 6.07) is 2.13. The van der Waals surface area contributed by atoms with Crippen molar-refractivity contribution in [2.24, 2.45) is 0 Å². The van der Waals surface area contributed by atoms with Crippen LogP contribution in [0.25, 0.3) is 0 Å². The van der Waals surface area contributed by atoms with Gasteiger partial charge in [0.25, 0.3) is 0 Å². The maximum Gasteiger partial charge on any atom is 0.176 e. The lowest BCUT2D eigenvalue weighted by Gasteiger charge is -2.24. The van der Waals surface area contributed by atoms with Gasteiger partial charge in [0.1, 0.15) is 0 Å². The minimum Gasteiger partial charge on any atom is -0.356 e. The van der Waals surface area contributed by atoms with Gasteiger partial charge in [-0.1, -0.05) is 6.42 Å². The van der Waals surface area contributed by atoms with Gasteiger partial charge in [-0.05, 0) is 37.3 Å². The van der Waals surface area contributed by atoms with Gasteiger partial charge in [0.2, 0.25) is 0 Å². The highest BCUT2D eigenvalue weighted by molar-refractivity contribution is 5.93. The Hall–Kier alpha value is -1.05. The summed E-state index contributed by atoms with van der Waals surface area (Å²) in [5.74, 6) is 0.829. The second-order valence-corrected chi connectivity index (χ2v) is 3.97. The number of hydrogen-bond donors (Lipinski definition) is 1. The van der Waals surface area contributed by atoms with E-state index in [4.69, 9.17) is 0 Å². The van der Waals surface area contributed by atoms with Crippen LogP contribution in [-0.2, 0) is 0 Å². The van der Waals surface area contributed by atoms with Gasteiger partial charge in [-0.25, -0.2) is 0 Å². The molecule has 0 atom stereocenters. The molecule has 1 aliphatic rings. The van der Waals surface area contributed by atoms with E-state index < -0.39 is 0 Å². The molecule has 1 heterocycles. The molecule has 2 rings (SSSR count). The number of aryl methyl sites for hydroxylation is 1. The predicted molar refractivity (Wildman–Crippen MR) is 52.1 cm³/mol. The zero-order chi connectivity index (χ0) is 9.42. The summed E-state index contributed by atoms with van der Waals surface area (Å²) in [5, 5.41) is 0. The van der Waals surface area contributed by atoms with Crippen LogP contribution < -0.4 is 0 Å². The fraction of sp³-hybridized carbons (Fsp3) is 0.545. The quantitative estimate of drug-likeness (QED) is 0.692. The topological polar surface area (TPSA) is 32.9 Å². The van der Waals surface area contributed by atoms with Crippen molar-refractivity contribution >= 4 is 5.78 Å². The largest absolute Gasteiger partial charge is 0.356 e. The first-order valence-corrected chi connectivity index (χ1v) is 4.89. The Bertz CT molecular complexity index is 334. The number of aromatic amines is 1. The van der Waals surface area contributed by atoms with Crippen molar-refractivity contribution in [3.8, 4) is 0 Å². The molecule has 1 aromatic heterocycles. The Balaban J connectivity index is 2.28. The molecule has 70 valence electrons. The fourth-order valence-corrected chi connectivity index (χ4v) is 1.89. The lowest BCUT2D eigenvalue weighted by atomic mass is 9.83. The van der Waals surface area contributed by atoms with Gasteiger partial charge in [0, 0.05) is 12.6 Å². The molecule has 0 aromatic carbocycles. The van der Waals surface area contributed by atoms with Gasteiger partial charge in [0.15, 0.2) is 5.78 Å². The zero-order valence-corrected chi connectivity index (χ0v) is 8.18. The standard InChI is InChI=1S/C11H15NO/c1-7-6-10(9-4-3-5-9)12-11(7)8(2)13/h6,9,12H,3-5H2,1-2H3. The molecule has 1 fully saturated rings. The van der Waals surface area contributed by atoms with Crippen LogP contribution >= 0.6 is 0 Å². The van der Waals surface area contributed by atoms with Crippen molar-refractivity contribution in [2.45, 2.75) is 39.0 Å². The molecule has 0 spiro atoms. The summed E-state index contributed by atoms with van der Waals surface area (Å²) in [7, 11) is 0. The number of carbonyl (C=O) groups is 1. The van der Waals surface area contributed by atoms with Crippen molar-refractivity contribution in [3.63, 3.8) is 0 Å². The number of carbonyl (C=O) groups excluding carboxylic acids is 1. The Morgan fingerprint density at radius 3 is 2.62 bits per heavy atom. The maximum absolute atomic E-state index is 11.2. The third kappa shape index (κ3) is 1.41. The van der Waals surface area contributed by atoms with Crippen LogP contribution in [0.3, 0.4) is 0 Å². The van der Waals surface area contributed by atoms with Gasteiger partial charge in [-0.3, -0.25) is 4.79 Å². The highest BCUT2D eigenvalue weighted by atomic mass is 16.1. The monoisotopic (exact) mass is 177 g/mol. The number of aromatic nitrogens is 1. The molecule has 0 saturated heterocycles. The molecule has 1 N–H and O–H groups in total. The van der Waals surface area contributed by atoms with E-state index >= 15 is 0 Å². The fourth-order valence-electron chi connectivity index (χ4n) is 1.89. The lowest BCUT2D eigenvalue weighted by Crippen LogP contribution is -2.09. The number of Topliss-reactive ketones (excluding diaryl/α,β-unsaturated/α-hetero) is 1. The predicted octanol–water partition coefficient (Wildman–Crippen LogP) is 2.79. The van der Waals surface area contributed by atoms with Crippen molar-refractivity contribution < 1.29 is 4.79 Å². The maximum atomic E-state index is 11.2. The van der Waals surface area contributed by atoms with Crippen LogP contribution in [0.1, 0.15) is 53.8 Å². The van der Waals surface area contributed by atoms with Crippen LogP contribution in [0.4, 0.5) is 0 Å². The van der Waals surface area contributed by atoms with Gasteiger partial charge >= 0.3 is 0 Å². The van der Waals surface area contributed by atoms with Crippen molar-refractivity contribution in [1.82, 2.24) is 4.98 Å². The van der Waals surface area contributed by atoms with E-state index in [2.05, 4.69) is 11.1 Å². The Kier molecular flexibility index (Phi) is 1.98. The first kappa shape index (κ1) is 8.54. The summed E-state index contributed by atoms with van der Waals surface area (Å²) in [6.45, 7) is 3.61. The van der Waals surface area contributed by atoms with Gasteiger partial charge in [-0.15, -0.1) is 0 Å². The summed E-state index contributed by atoms with van der Waals surface area (Å²) in [6.07, 6.45) is 3.88. The molecule has 0 amide bonds. The first-order valence-electron chi connectivity index (χ1n) is 4.89. The average molecular weight is 177 g/mol. The molecule has 2 nitrogen and oxygen atoms in total. The van der Waals surface area contributed by atoms with E-state index in [9.17, 15) is 4.79 Å². The van der Waals surface area contributed by atoms with Crippen molar-refractivity contribution in [1.29, 1.82) is 0 Å². The molecular formula is C11H15NO. The second kappa shape index (κ2) is 3.02. The SMILES string of the molecule is CC(=O)c1[nH]c(C2CCC2)cc1C. The highest BCUT2D eigenvalue weighted by Gasteiger charge is 2.22. The smallest absolute Gasteiger partial charge is 0.176 e. The molecule has 0 aliphatic heterocycles. The third-order valence-electron chi connectivity index (χ3n) is 2.93. The normalized spacial score (nSPS) is 17.1. The Morgan fingerprint density at radius 2 is 2.23 bits per heavy atom. The summed E-state index contributed by atoms with van der Waals surface area (Å²) in [4.78, 5) is 14.4. The van der Waals surface area contributed by atoms with Crippen LogP contribution in [-0.4, -0.2) is 10.8 Å². The minimum atomic E-state index is 0.142. The van der Waals surface area contributed by atoms with Crippen molar-refractivity contribution in [3.05, 3.63) is 23.0 Å². The van der Waals surface area contributed by atoms with Crippen LogP contribution in [0.15, 0.2) is 6.07 Å². The van der Waals surface area contributed by atoms with E-state index in [1.807, 2.05) is 6.92 Å². The summed E-state index contributed by atoms with van der Waals surface area (Å²) in [5.41, 5.74) is 3.14. The molecule has 2 heteroatoms. The molecule has 1 aromatic rings. The highest BCUT2D eigenvalue weighted by Crippen LogP contribution is 2.36. The van der Waals surface area contributed by atoms with Crippen LogP contribution in [0.5, 0.6) is 0 Å². The first-order chi connectivity index (χ1) is 6.18. The summed E-state index contributed by atoms with van der Waals surface area (Å²) < 4.78 is 0. The Labute approximate surface area is 78.4 Å². The van der Waals surface area contributed by atoms with E-state index in [-0.39, 0.29) is 5.78 Å². The van der Waals surface area contributed by atoms with Gasteiger partial charge in [-0.2, -0.15) is 0 Å². The molecule has 1 aliphatic carbocycles. The van der Waals surface area contributed by atoms with Crippen LogP contribution in [0, 0.1) is 6.92 Å². The second-order valence-electron chi connectivity index (χ2n) is 3.97. The number of rotatable bonds is 2. The summed E-state index contributed by atoms with van der Waals surface area (Å²) >= 11 is 0. The average Bonchev–Trinajstić information content (AvgIpc) is 2.27. The van der Waals surface area contributed by atoms with E-state index in [0.29, 0.717) is 5.92 Å². The zero-order valence-electron chi connectivity index (χ0n) is 8.18. The number of ketones is 1. The number of H-pyrrole nitrogens is 1. The third-order valence-corrected chi connectivity index (χ3v) is 2.93. The van der Waals surface area contributed by atoms with Gasteiger partial charge < -0.3 is 4.98 Å². The molecule has 0 unspecified atom stereocenters. The molecular weight excluding hydrogens is 162 g/mol. The molecule has 0 bridgehead atoms. The number of hydrogen-bond acceptors (Lipinski definition) is 1. The molecule has 1 saturated carbocycles. The molecule has 13 heavy (non-hydrogen) atoms. The minimum absolute atomic E-state index is 0.142. The van der Waals surface area contributed by atoms with E-state index in [1.54, 1.807) is 6.92 Å². The Morgan fingerprint density at radius 1 is 1.54 bits per heavy atom. The van der Waals surface area contributed by atoms with E-state index in [1.165, 1.54) is 25.0 Å². The van der Waals surface area contributed by atoms with E-state index in [0.717, 1.165) is 11.3 Å².